The highest BCUT2D eigenvalue weighted by molar-refractivity contribution is 7.98. The van der Waals surface area contributed by atoms with Gasteiger partial charge in [0.1, 0.15) is 5.75 Å². The number of thioether (sulfide) groups is 1. The van der Waals surface area contributed by atoms with E-state index < -0.39 is 0 Å². The molecule has 0 unspecified atom stereocenters. The number of aryl methyl sites for hydroxylation is 1. The van der Waals surface area contributed by atoms with Gasteiger partial charge in [-0.1, -0.05) is 22.9 Å². The molecule has 0 aliphatic carbocycles. The Morgan fingerprint density at radius 2 is 2.14 bits per heavy atom. The van der Waals surface area contributed by atoms with Crippen molar-refractivity contribution < 1.29 is 9.63 Å². The molecule has 6 heteroatoms. The minimum absolute atomic E-state index is 0.0707. The Kier molecular flexibility index (Phi) is 3.87. The summed E-state index contributed by atoms with van der Waals surface area (Å²) >= 11 is 1.65. The molecule has 0 saturated heterocycles. The van der Waals surface area contributed by atoms with Gasteiger partial charge in [-0.3, -0.25) is 4.98 Å². The van der Waals surface area contributed by atoms with E-state index in [1.807, 2.05) is 6.07 Å². The summed E-state index contributed by atoms with van der Waals surface area (Å²) in [5.74, 6) is 1.67. The molecule has 0 atom stereocenters. The van der Waals surface area contributed by atoms with Gasteiger partial charge in [0.05, 0.1) is 17.5 Å². The van der Waals surface area contributed by atoms with Gasteiger partial charge in [-0.05, 0) is 25.1 Å². The Morgan fingerprint density at radius 1 is 1.24 bits per heavy atom. The first-order chi connectivity index (χ1) is 10.2. The Balaban J connectivity index is 1.71. The fraction of sp³-hybridized carbons (Fsp3) is 0.133. The third-order valence-electron chi connectivity index (χ3n) is 2.80. The molecular weight excluding hydrogens is 286 g/mol. The first-order valence-corrected chi connectivity index (χ1v) is 7.36. The molecule has 0 saturated carbocycles. The second kappa shape index (κ2) is 5.97. The molecule has 0 radical (unpaired) electrons. The van der Waals surface area contributed by atoms with Crippen LogP contribution in [0.3, 0.4) is 0 Å². The van der Waals surface area contributed by atoms with Gasteiger partial charge in [-0.2, -0.15) is 4.98 Å². The molecule has 0 amide bonds. The maximum Gasteiger partial charge on any atom is 0.259 e. The molecule has 0 fully saturated rings. The maximum atomic E-state index is 9.40. The van der Waals surface area contributed by atoms with Gasteiger partial charge >= 0.3 is 0 Å². The van der Waals surface area contributed by atoms with Crippen LogP contribution in [-0.4, -0.2) is 20.2 Å². The largest absolute Gasteiger partial charge is 0.506 e. The van der Waals surface area contributed by atoms with E-state index in [-0.39, 0.29) is 5.75 Å². The third-order valence-corrected chi connectivity index (χ3v) is 3.79. The van der Waals surface area contributed by atoms with Crippen LogP contribution in [0.4, 0.5) is 0 Å². The van der Waals surface area contributed by atoms with E-state index in [1.54, 1.807) is 18.0 Å². The predicted molar refractivity (Wildman–Crippen MR) is 79.9 cm³/mol. The lowest BCUT2D eigenvalue weighted by molar-refractivity contribution is 0.424. The first-order valence-electron chi connectivity index (χ1n) is 6.37. The smallest absolute Gasteiger partial charge is 0.259 e. The van der Waals surface area contributed by atoms with Crippen LogP contribution in [0.1, 0.15) is 11.4 Å². The second-order valence-electron chi connectivity index (χ2n) is 4.55. The topological polar surface area (TPSA) is 72.0 Å². The number of rotatable bonds is 4. The van der Waals surface area contributed by atoms with Gasteiger partial charge in [-0.15, -0.1) is 11.8 Å². The van der Waals surface area contributed by atoms with Crippen LogP contribution in [0, 0.1) is 6.92 Å². The lowest BCUT2D eigenvalue weighted by Crippen LogP contribution is -1.85. The quantitative estimate of drug-likeness (QED) is 0.744. The summed E-state index contributed by atoms with van der Waals surface area (Å²) in [6.07, 6.45) is 2.93. The van der Waals surface area contributed by atoms with E-state index in [0.29, 0.717) is 23.0 Å². The molecular formula is C15H13N3O2S. The lowest BCUT2D eigenvalue weighted by Gasteiger charge is -1.99. The number of hydrogen-bond donors (Lipinski definition) is 1. The number of benzene rings is 1. The summed E-state index contributed by atoms with van der Waals surface area (Å²) in [5.41, 5.74) is 1.83. The highest BCUT2D eigenvalue weighted by Gasteiger charge is 2.10. The molecule has 1 N–H and O–H groups in total. The second-order valence-corrected chi connectivity index (χ2v) is 5.60. The summed E-state index contributed by atoms with van der Waals surface area (Å²) in [6, 6.07) is 9.80. The minimum Gasteiger partial charge on any atom is -0.506 e. The SMILES string of the molecule is Cc1cccc(SCc2noc(-c3cncc(O)c3)n2)c1. The van der Waals surface area contributed by atoms with Gasteiger partial charge in [-0.25, -0.2) is 0 Å². The average Bonchev–Trinajstić information content (AvgIpc) is 2.94. The van der Waals surface area contributed by atoms with Crippen molar-refractivity contribution in [2.24, 2.45) is 0 Å². The molecule has 21 heavy (non-hydrogen) atoms. The zero-order valence-electron chi connectivity index (χ0n) is 11.4. The van der Waals surface area contributed by atoms with Gasteiger partial charge < -0.3 is 9.63 Å². The van der Waals surface area contributed by atoms with Crippen LogP contribution >= 0.6 is 11.8 Å². The Bertz CT molecular complexity index is 758. The van der Waals surface area contributed by atoms with E-state index in [0.717, 1.165) is 0 Å². The van der Waals surface area contributed by atoms with E-state index in [2.05, 4.69) is 40.2 Å². The van der Waals surface area contributed by atoms with Gasteiger partial charge in [0.25, 0.3) is 5.89 Å². The van der Waals surface area contributed by atoms with Gasteiger partial charge in [0, 0.05) is 11.1 Å². The maximum absolute atomic E-state index is 9.40. The standard InChI is InChI=1S/C15H13N3O2S/c1-10-3-2-4-13(5-10)21-9-14-17-15(20-18-14)11-6-12(19)8-16-7-11/h2-8,19H,9H2,1H3. The van der Waals surface area contributed by atoms with Crippen LogP contribution in [0.2, 0.25) is 0 Å². The summed E-state index contributed by atoms with van der Waals surface area (Å²) in [4.78, 5) is 9.37. The van der Waals surface area contributed by atoms with Crippen molar-refractivity contribution in [2.45, 2.75) is 17.6 Å². The Morgan fingerprint density at radius 3 is 2.95 bits per heavy atom. The fourth-order valence-electron chi connectivity index (χ4n) is 1.83. The molecule has 2 heterocycles. The lowest BCUT2D eigenvalue weighted by atomic mass is 10.2. The molecule has 0 spiro atoms. The van der Waals surface area contributed by atoms with Crippen molar-refractivity contribution in [3.63, 3.8) is 0 Å². The van der Waals surface area contributed by atoms with Crippen molar-refractivity contribution in [3.8, 4) is 17.2 Å². The zero-order valence-corrected chi connectivity index (χ0v) is 12.2. The molecule has 1 aromatic carbocycles. The summed E-state index contributed by atoms with van der Waals surface area (Å²) < 4.78 is 5.19. The Hall–Kier alpha value is -2.34. The zero-order chi connectivity index (χ0) is 14.7. The van der Waals surface area contributed by atoms with Gasteiger partial charge in [0.2, 0.25) is 0 Å². The Labute approximate surface area is 126 Å². The molecule has 0 bridgehead atoms. The number of pyridine rings is 1. The van der Waals surface area contributed by atoms with Crippen LogP contribution in [-0.2, 0) is 5.75 Å². The highest BCUT2D eigenvalue weighted by Crippen LogP contribution is 2.24. The molecule has 3 aromatic rings. The highest BCUT2D eigenvalue weighted by atomic mass is 32.2. The molecule has 0 aliphatic rings. The number of aromatic nitrogens is 3. The van der Waals surface area contributed by atoms with Crippen molar-refractivity contribution in [3.05, 3.63) is 54.1 Å². The monoisotopic (exact) mass is 299 g/mol. The number of aromatic hydroxyl groups is 1. The van der Waals surface area contributed by atoms with E-state index in [9.17, 15) is 5.11 Å². The van der Waals surface area contributed by atoms with Crippen LogP contribution in [0.25, 0.3) is 11.5 Å². The molecule has 5 nitrogen and oxygen atoms in total. The molecule has 106 valence electrons. The van der Waals surface area contributed by atoms with Crippen molar-refractivity contribution in [1.82, 2.24) is 15.1 Å². The molecule has 0 aliphatic heterocycles. The normalized spacial score (nSPS) is 10.7. The average molecular weight is 299 g/mol. The van der Waals surface area contributed by atoms with E-state index in [1.165, 1.54) is 22.7 Å². The summed E-state index contributed by atoms with van der Waals surface area (Å²) in [5, 5.41) is 13.3. The predicted octanol–water partition coefficient (Wildman–Crippen LogP) is 3.44. The van der Waals surface area contributed by atoms with Crippen molar-refractivity contribution in [2.75, 3.05) is 0 Å². The summed E-state index contributed by atoms with van der Waals surface area (Å²) in [7, 11) is 0. The van der Waals surface area contributed by atoms with E-state index in [4.69, 9.17) is 4.52 Å². The molecule has 3 rings (SSSR count). The number of hydrogen-bond acceptors (Lipinski definition) is 6. The van der Waals surface area contributed by atoms with Crippen molar-refractivity contribution >= 4 is 11.8 Å². The van der Waals surface area contributed by atoms with Crippen LogP contribution < -0.4 is 0 Å². The first kappa shape index (κ1) is 13.6. The van der Waals surface area contributed by atoms with Crippen LogP contribution in [0.5, 0.6) is 5.75 Å². The fourth-order valence-corrected chi connectivity index (χ4v) is 2.68. The third kappa shape index (κ3) is 3.41. The molecule has 2 aromatic heterocycles. The van der Waals surface area contributed by atoms with Crippen molar-refractivity contribution in [1.29, 1.82) is 0 Å². The van der Waals surface area contributed by atoms with E-state index >= 15 is 0 Å². The van der Waals surface area contributed by atoms with Gasteiger partial charge in [0.15, 0.2) is 5.82 Å². The summed E-state index contributed by atoms with van der Waals surface area (Å²) in [6.45, 7) is 2.06. The minimum atomic E-state index is 0.0707. The van der Waals surface area contributed by atoms with Crippen LogP contribution in [0.15, 0.2) is 52.1 Å². The number of nitrogens with zero attached hydrogens (tertiary/aromatic N) is 3.